The van der Waals surface area contributed by atoms with E-state index in [2.05, 4.69) is 24.5 Å². The van der Waals surface area contributed by atoms with Gasteiger partial charge >= 0.3 is 0 Å². The number of nitrogens with two attached hydrogens (primary N) is 1. The van der Waals surface area contributed by atoms with Crippen molar-refractivity contribution in [2.45, 2.75) is 86.3 Å². The molecule has 4 unspecified atom stereocenters. The maximum Gasteiger partial charge on any atom is 0.224 e. The number of rotatable bonds is 20. The molecule has 0 fully saturated rings. The lowest BCUT2D eigenvalue weighted by atomic mass is 9.80. The molecule has 10 heteroatoms. The first-order valence-electron chi connectivity index (χ1n) is 14.9. The van der Waals surface area contributed by atoms with Crippen molar-refractivity contribution in [3.8, 4) is 11.5 Å². The van der Waals surface area contributed by atoms with E-state index in [1.54, 1.807) is 28.1 Å². The Balaban J connectivity index is 3.09. The third-order valence-electron chi connectivity index (χ3n) is 7.84. The third-order valence-corrected chi connectivity index (χ3v) is 7.84. The molecule has 0 aliphatic carbocycles. The molecule has 0 bridgehead atoms. The van der Waals surface area contributed by atoms with Crippen molar-refractivity contribution in [3.05, 3.63) is 23.8 Å². The Morgan fingerprint density at radius 2 is 1.67 bits per heavy atom. The molecule has 0 radical (unpaired) electrons. The smallest absolute Gasteiger partial charge is 0.224 e. The van der Waals surface area contributed by atoms with Gasteiger partial charge in [0, 0.05) is 39.5 Å². The van der Waals surface area contributed by atoms with Gasteiger partial charge in [-0.15, -0.1) is 0 Å². The van der Waals surface area contributed by atoms with Crippen molar-refractivity contribution in [1.82, 2.24) is 10.6 Å². The van der Waals surface area contributed by atoms with E-state index in [-0.39, 0.29) is 42.5 Å². The summed E-state index contributed by atoms with van der Waals surface area (Å²) in [5.74, 6) is 0.0991. The standard InChI is InChI=1S/C32H55N3O7/c1-20(2)24(15-23-11-12-28(41-9)29(16-23)42-14-10-13-40-8)17-26(35-22(5)36)27(37)18-25(21(3)4)30(38)34-19-32(6,7)31(33)39/h11-12,16,20-21,24-27,37H,10,13-15,17-19H2,1-9H3,(H2,33,39)(H,34,38)(H,35,36). The molecule has 240 valence electrons. The van der Waals surface area contributed by atoms with Crippen molar-refractivity contribution in [1.29, 1.82) is 0 Å². The number of aliphatic hydroxyl groups excluding tert-OH is 1. The predicted molar refractivity (Wildman–Crippen MR) is 164 cm³/mol. The number of nitrogens with one attached hydrogen (secondary N) is 2. The van der Waals surface area contributed by atoms with Gasteiger partial charge in [-0.05, 0) is 68.6 Å². The summed E-state index contributed by atoms with van der Waals surface area (Å²) in [6.45, 7) is 14.1. The van der Waals surface area contributed by atoms with Gasteiger partial charge in [-0.3, -0.25) is 14.4 Å². The third kappa shape index (κ3) is 12.6. The number of primary amides is 1. The van der Waals surface area contributed by atoms with Gasteiger partial charge in [0.05, 0.1) is 31.3 Å². The lowest BCUT2D eigenvalue weighted by Crippen LogP contribution is -2.48. The van der Waals surface area contributed by atoms with Crippen LogP contribution in [0.15, 0.2) is 18.2 Å². The van der Waals surface area contributed by atoms with Gasteiger partial charge < -0.3 is 35.7 Å². The number of benzene rings is 1. The largest absolute Gasteiger partial charge is 0.493 e. The van der Waals surface area contributed by atoms with E-state index < -0.39 is 29.4 Å². The summed E-state index contributed by atoms with van der Waals surface area (Å²) in [4.78, 5) is 37.0. The zero-order valence-electron chi connectivity index (χ0n) is 27.1. The highest BCUT2D eigenvalue weighted by atomic mass is 16.5. The van der Waals surface area contributed by atoms with Crippen LogP contribution in [-0.4, -0.2) is 69.0 Å². The van der Waals surface area contributed by atoms with Crippen LogP contribution in [0.5, 0.6) is 11.5 Å². The highest BCUT2D eigenvalue weighted by molar-refractivity contribution is 5.83. The highest BCUT2D eigenvalue weighted by Gasteiger charge is 2.33. The molecule has 3 amide bonds. The minimum atomic E-state index is -0.951. The minimum Gasteiger partial charge on any atom is -0.493 e. The summed E-state index contributed by atoms with van der Waals surface area (Å²) in [5, 5.41) is 17.1. The molecule has 0 spiro atoms. The molecule has 0 saturated heterocycles. The summed E-state index contributed by atoms with van der Waals surface area (Å²) in [7, 11) is 3.26. The Labute approximate surface area is 252 Å². The average Bonchev–Trinajstić information content (AvgIpc) is 2.91. The lowest BCUT2D eigenvalue weighted by Gasteiger charge is -2.33. The first kappa shape index (κ1) is 37.2. The SMILES string of the molecule is COCCCOc1cc(CC(CC(NC(C)=O)C(O)CC(C(=O)NCC(C)(C)C(N)=O)C(C)C)C(C)C)ccc1OC. The van der Waals surface area contributed by atoms with E-state index in [9.17, 15) is 19.5 Å². The normalized spacial score (nSPS) is 14.7. The van der Waals surface area contributed by atoms with Gasteiger partial charge in [0.15, 0.2) is 11.5 Å². The number of carbonyl (C=O) groups excluding carboxylic acids is 3. The maximum absolute atomic E-state index is 13.1. The number of aliphatic hydroxyl groups is 1. The molecular weight excluding hydrogens is 538 g/mol. The van der Waals surface area contributed by atoms with E-state index in [1.165, 1.54) is 6.92 Å². The maximum atomic E-state index is 13.1. The monoisotopic (exact) mass is 593 g/mol. The van der Waals surface area contributed by atoms with Crippen LogP contribution in [0.3, 0.4) is 0 Å². The Hall–Kier alpha value is -2.85. The highest BCUT2D eigenvalue weighted by Crippen LogP contribution is 2.32. The number of ether oxygens (including phenoxy) is 3. The van der Waals surface area contributed by atoms with Crippen molar-refractivity contribution in [2.24, 2.45) is 34.8 Å². The molecule has 0 aliphatic rings. The predicted octanol–water partition coefficient (Wildman–Crippen LogP) is 3.47. The quantitative estimate of drug-likeness (QED) is 0.169. The molecule has 42 heavy (non-hydrogen) atoms. The molecule has 1 aromatic carbocycles. The van der Waals surface area contributed by atoms with Gasteiger partial charge in [-0.1, -0.05) is 33.8 Å². The van der Waals surface area contributed by atoms with Crippen LogP contribution in [0.2, 0.25) is 0 Å². The van der Waals surface area contributed by atoms with Crippen LogP contribution in [0.4, 0.5) is 0 Å². The fourth-order valence-electron chi connectivity index (χ4n) is 4.77. The Morgan fingerprint density at radius 1 is 1.00 bits per heavy atom. The summed E-state index contributed by atoms with van der Waals surface area (Å²) >= 11 is 0. The number of methoxy groups -OCH3 is 2. The first-order valence-corrected chi connectivity index (χ1v) is 14.9. The van der Waals surface area contributed by atoms with Gasteiger partial charge in [0.2, 0.25) is 17.7 Å². The Kier molecular flexibility index (Phi) is 15.9. The van der Waals surface area contributed by atoms with Crippen LogP contribution in [0, 0.1) is 29.1 Å². The fraction of sp³-hybridized carbons (Fsp3) is 0.719. The molecule has 4 atom stereocenters. The van der Waals surface area contributed by atoms with E-state index in [4.69, 9.17) is 19.9 Å². The summed E-state index contributed by atoms with van der Waals surface area (Å²) in [6, 6.07) is 5.34. The second kappa shape index (κ2) is 18.0. The molecule has 0 aliphatic heterocycles. The van der Waals surface area contributed by atoms with Crippen molar-refractivity contribution < 1.29 is 33.7 Å². The first-order chi connectivity index (χ1) is 19.6. The van der Waals surface area contributed by atoms with Crippen LogP contribution in [0.1, 0.15) is 73.3 Å². The van der Waals surface area contributed by atoms with E-state index in [0.717, 1.165) is 12.0 Å². The van der Waals surface area contributed by atoms with E-state index in [1.807, 2.05) is 32.0 Å². The number of hydrogen-bond acceptors (Lipinski definition) is 7. The van der Waals surface area contributed by atoms with Crippen molar-refractivity contribution in [2.75, 3.05) is 34.0 Å². The summed E-state index contributed by atoms with van der Waals surface area (Å²) in [6.07, 6.45) is 1.20. The second-order valence-corrected chi connectivity index (χ2v) is 12.6. The molecule has 10 nitrogen and oxygen atoms in total. The molecule has 0 aromatic heterocycles. The minimum absolute atomic E-state index is 0.0724. The summed E-state index contributed by atoms with van der Waals surface area (Å²) < 4.78 is 16.5. The molecular formula is C32H55N3O7. The lowest BCUT2D eigenvalue weighted by molar-refractivity contribution is -0.130. The number of carbonyl (C=O) groups is 3. The van der Waals surface area contributed by atoms with Gasteiger partial charge in [-0.25, -0.2) is 0 Å². The van der Waals surface area contributed by atoms with Gasteiger partial charge in [0.25, 0.3) is 0 Å². The van der Waals surface area contributed by atoms with Gasteiger partial charge in [-0.2, -0.15) is 0 Å². The van der Waals surface area contributed by atoms with Crippen LogP contribution in [-0.2, 0) is 25.5 Å². The zero-order chi connectivity index (χ0) is 32.0. The van der Waals surface area contributed by atoms with Crippen LogP contribution >= 0.6 is 0 Å². The Morgan fingerprint density at radius 3 is 2.19 bits per heavy atom. The Bertz CT molecular complexity index is 996. The summed E-state index contributed by atoms with van der Waals surface area (Å²) in [5.41, 5.74) is 5.62. The number of amides is 3. The molecule has 5 N–H and O–H groups in total. The van der Waals surface area contributed by atoms with E-state index >= 15 is 0 Å². The van der Waals surface area contributed by atoms with E-state index in [0.29, 0.717) is 37.6 Å². The number of hydrogen-bond donors (Lipinski definition) is 4. The zero-order valence-corrected chi connectivity index (χ0v) is 27.1. The van der Waals surface area contributed by atoms with Crippen LogP contribution < -0.4 is 25.8 Å². The molecule has 1 rings (SSSR count). The van der Waals surface area contributed by atoms with Crippen LogP contribution in [0.25, 0.3) is 0 Å². The van der Waals surface area contributed by atoms with Crippen molar-refractivity contribution >= 4 is 17.7 Å². The second-order valence-electron chi connectivity index (χ2n) is 12.6. The fourth-order valence-corrected chi connectivity index (χ4v) is 4.77. The topological polar surface area (TPSA) is 149 Å². The molecule has 0 heterocycles. The van der Waals surface area contributed by atoms with Gasteiger partial charge in [0.1, 0.15) is 0 Å². The average molecular weight is 594 g/mol. The van der Waals surface area contributed by atoms with Crippen molar-refractivity contribution in [3.63, 3.8) is 0 Å². The molecule has 1 aromatic rings. The molecule has 0 saturated carbocycles.